The molecule has 0 amide bonds. The molecule has 0 unspecified atom stereocenters. The van der Waals surface area contributed by atoms with Crippen molar-refractivity contribution in [3.8, 4) is 17.3 Å². The van der Waals surface area contributed by atoms with Crippen LogP contribution >= 0.6 is 11.3 Å². The Labute approximate surface area is 233 Å². The van der Waals surface area contributed by atoms with Crippen molar-refractivity contribution in [3.63, 3.8) is 0 Å². The van der Waals surface area contributed by atoms with Gasteiger partial charge in [0.05, 0.1) is 35.4 Å². The molecular formula is C28H28F2N8OS. The quantitative estimate of drug-likeness (QED) is 0.398. The van der Waals surface area contributed by atoms with Crippen LogP contribution in [0.25, 0.3) is 32.2 Å². The first kappa shape index (κ1) is 25.5. The lowest BCUT2D eigenvalue weighted by Gasteiger charge is -2.36. The number of nitrogens with zero attached hydrogens (tertiary/aromatic N) is 7. The Morgan fingerprint density at radius 3 is 2.67 bits per heavy atom. The molecule has 3 aromatic heterocycles. The molecule has 0 bridgehead atoms. The van der Waals surface area contributed by atoms with Gasteiger partial charge in [-0.2, -0.15) is 5.26 Å². The molecule has 12 heteroatoms. The van der Waals surface area contributed by atoms with Crippen LogP contribution in [0.1, 0.15) is 30.0 Å². The number of benzene rings is 1. The van der Waals surface area contributed by atoms with E-state index in [1.54, 1.807) is 6.20 Å². The summed E-state index contributed by atoms with van der Waals surface area (Å²) in [5, 5.41) is 10.8. The minimum Gasteiger partial charge on any atom is -0.389 e. The first-order valence-electron chi connectivity index (χ1n) is 13.4. The van der Waals surface area contributed by atoms with Gasteiger partial charge in [-0.15, -0.1) is 11.3 Å². The van der Waals surface area contributed by atoms with Crippen molar-refractivity contribution >= 4 is 43.3 Å². The molecule has 6 heterocycles. The van der Waals surface area contributed by atoms with Crippen molar-refractivity contribution < 1.29 is 13.5 Å². The Balaban J connectivity index is 1.36. The number of pyridine rings is 1. The molecule has 0 radical (unpaired) electrons. The van der Waals surface area contributed by atoms with E-state index in [1.807, 2.05) is 0 Å². The lowest BCUT2D eigenvalue weighted by Crippen LogP contribution is -2.49. The maximum atomic E-state index is 16.6. The molecule has 1 aromatic carbocycles. The number of fused-ring (bicyclic) bond motifs is 4. The maximum absolute atomic E-state index is 16.6. The highest BCUT2D eigenvalue weighted by Gasteiger charge is 2.36. The second-order valence-corrected chi connectivity index (χ2v) is 12.0. The van der Waals surface area contributed by atoms with Gasteiger partial charge in [0.25, 0.3) is 0 Å². The lowest BCUT2D eigenvalue weighted by molar-refractivity contribution is 0.118. The number of nitrogen functional groups attached to an aromatic ring is 1. The summed E-state index contributed by atoms with van der Waals surface area (Å²) in [6.07, 6.45) is 3.73. The van der Waals surface area contributed by atoms with Gasteiger partial charge < -0.3 is 20.3 Å². The average Bonchev–Trinajstić information content (AvgIpc) is 3.67. The first-order chi connectivity index (χ1) is 19.4. The van der Waals surface area contributed by atoms with E-state index in [9.17, 15) is 9.65 Å². The molecule has 0 spiro atoms. The summed E-state index contributed by atoms with van der Waals surface area (Å²) in [7, 11) is 2.15. The third-order valence-electron chi connectivity index (χ3n) is 8.60. The van der Waals surface area contributed by atoms with Crippen LogP contribution in [-0.2, 0) is 18.0 Å². The standard InChI is InChI=1S/C28H28F2N8OS/c1-14-7-15(37-5-3-36(2)4-6-37)11-38(14)28-34-9-17-18-12-39-13-19(18)21(23(30)24(17)35-28)25-22-16(8-31)27(32)40-26(22)20(29)10-33-25/h9-10,14-15H,3-7,11-13,32H2,1-2H3/t14-,15+/m0/s1. The van der Waals surface area contributed by atoms with Gasteiger partial charge in [0.15, 0.2) is 11.6 Å². The molecule has 40 heavy (non-hydrogen) atoms. The van der Waals surface area contributed by atoms with Crippen LogP contribution in [0.4, 0.5) is 19.7 Å². The fourth-order valence-corrected chi connectivity index (χ4v) is 7.33. The van der Waals surface area contributed by atoms with Crippen molar-refractivity contribution in [2.24, 2.45) is 0 Å². The van der Waals surface area contributed by atoms with Crippen LogP contribution in [0.3, 0.4) is 0 Å². The second-order valence-electron chi connectivity index (χ2n) is 10.9. The summed E-state index contributed by atoms with van der Waals surface area (Å²) in [6, 6.07) is 2.64. The van der Waals surface area contributed by atoms with E-state index in [2.05, 4.69) is 44.7 Å². The average molecular weight is 563 g/mol. The van der Waals surface area contributed by atoms with Crippen molar-refractivity contribution in [1.82, 2.24) is 24.8 Å². The molecule has 2 N–H and O–H groups in total. The van der Waals surface area contributed by atoms with E-state index in [1.165, 1.54) is 0 Å². The highest BCUT2D eigenvalue weighted by molar-refractivity contribution is 7.23. The van der Waals surface area contributed by atoms with Crippen LogP contribution in [0, 0.1) is 23.0 Å². The van der Waals surface area contributed by atoms with Gasteiger partial charge in [-0.05, 0) is 31.5 Å². The summed E-state index contributed by atoms with van der Waals surface area (Å²) >= 11 is 0.961. The number of likely N-dealkylation sites (N-methyl/N-ethyl adjacent to an activating group) is 1. The van der Waals surface area contributed by atoms with Crippen LogP contribution in [0.15, 0.2) is 12.4 Å². The van der Waals surface area contributed by atoms with Gasteiger partial charge in [0.1, 0.15) is 16.6 Å². The lowest BCUT2D eigenvalue weighted by atomic mass is 9.94. The zero-order valence-electron chi connectivity index (χ0n) is 22.2. The Bertz CT molecular complexity index is 1710. The summed E-state index contributed by atoms with van der Waals surface area (Å²) in [6.45, 7) is 7.53. The third kappa shape index (κ3) is 3.83. The first-order valence-corrected chi connectivity index (χ1v) is 14.2. The largest absolute Gasteiger partial charge is 0.389 e. The number of nitriles is 1. The molecule has 206 valence electrons. The van der Waals surface area contributed by atoms with Crippen molar-refractivity contribution in [2.75, 3.05) is 50.4 Å². The monoisotopic (exact) mass is 562 g/mol. The number of ether oxygens (including phenoxy) is 1. The van der Waals surface area contributed by atoms with E-state index < -0.39 is 11.6 Å². The van der Waals surface area contributed by atoms with Gasteiger partial charge in [-0.25, -0.2) is 18.7 Å². The van der Waals surface area contributed by atoms with Gasteiger partial charge in [-0.1, -0.05) is 0 Å². The van der Waals surface area contributed by atoms with Gasteiger partial charge in [-0.3, -0.25) is 9.88 Å². The SMILES string of the molecule is C[C@H]1C[C@@H](N2CCN(C)CC2)CN1c1ncc2c3c(c(-c4ncc(F)c5sc(N)c(C#N)c45)c(F)c2n1)COC3. The van der Waals surface area contributed by atoms with Crippen molar-refractivity contribution in [1.29, 1.82) is 5.26 Å². The molecule has 0 saturated carbocycles. The van der Waals surface area contributed by atoms with Crippen LogP contribution in [-0.4, -0.2) is 76.6 Å². The van der Waals surface area contributed by atoms with Crippen molar-refractivity contribution in [3.05, 3.63) is 40.7 Å². The fraction of sp³-hybridized carbons (Fsp3) is 0.429. The number of piperazine rings is 1. The Kier molecular flexibility index (Phi) is 6.08. The molecule has 3 aliphatic heterocycles. The highest BCUT2D eigenvalue weighted by atomic mass is 32.1. The van der Waals surface area contributed by atoms with Crippen molar-refractivity contribution in [2.45, 2.75) is 38.6 Å². The number of rotatable bonds is 3. The van der Waals surface area contributed by atoms with Crippen LogP contribution < -0.4 is 10.6 Å². The van der Waals surface area contributed by atoms with E-state index in [4.69, 9.17) is 15.5 Å². The minimum absolute atomic E-state index is 0.0957. The van der Waals surface area contributed by atoms with E-state index in [0.717, 1.165) is 62.2 Å². The summed E-state index contributed by atoms with van der Waals surface area (Å²) in [4.78, 5) is 20.8. The smallest absolute Gasteiger partial charge is 0.226 e. The summed E-state index contributed by atoms with van der Waals surface area (Å²) < 4.78 is 37.3. The molecule has 2 atom stereocenters. The highest BCUT2D eigenvalue weighted by Crippen LogP contribution is 2.45. The van der Waals surface area contributed by atoms with E-state index in [-0.39, 0.29) is 56.7 Å². The number of thiophene rings is 1. The van der Waals surface area contributed by atoms with Crippen LogP contribution in [0.5, 0.6) is 0 Å². The maximum Gasteiger partial charge on any atom is 0.226 e. The minimum atomic E-state index is -0.603. The molecule has 2 saturated heterocycles. The predicted octanol–water partition coefficient (Wildman–Crippen LogP) is 3.88. The predicted molar refractivity (Wildman–Crippen MR) is 150 cm³/mol. The van der Waals surface area contributed by atoms with E-state index >= 15 is 4.39 Å². The molecule has 9 nitrogen and oxygen atoms in total. The zero-order chi connectivity index (χ0) is 27.7. The number of hydrogen-bond donors (Lipinski definition) is 1. The second kappa shape index (κ2) is 9.55. The topological polar surface area (TPSA) is 107 Å². The molecule has 3 aliphatic rings. The Hall–Kier alpha value is -3.50. The number of halogens is 2. The fourth-order valence-electron chi connectivity index (χ4n) is 6.41. The normalized spacial score (nSPS) is 21.9. The van der Waals surface area contributed by atoms with Crippen LogP contribution in [0.2, 0.25) is 0 Å². The Morgan fingerprint density at radius 2 is 1.90 bits per heavy atom. The third-order valence-corrected chi connectivity index (χ3v) is 9.62. The van der Waals surface area contributed by atoms with Gasteiger partial charge in [0.2, 0.25) is 5.95 Å². The zero-order valence-corrected chi connectivity index (χ0v) is 23.1. The van der Waals surface area contributed by atoms with E-state index in [0.29, 0.717) is 22.9 Å². The van der Waals surface area contributed by atoms with Gasteiger partial charge >= 0.3 is 0 Å². The number of hydrogen-bond acceptors (Lipinski definition) is 10. The molecule has 4 aromatic rings. The Morgan fingerprint density at radius 1 is 1.12 bits per heavy atom. The summed E-state index contributed by atoms with van der Waals surface area (Å²) in [5.41, 5.74) is 8.05. The molecule has 2 fully saturated rings. The molecule has 7 rings (SSSR count). The molecular weight excluding hydrogens is 534 g/mol. The summed E-state index contributed by atoms with van der Waals surface area (Å²) in [5.74, 6) is -0.705. The number of nitrogens with two attached hydrogens (primary N) is 1. The molecule has 0 aliphatic carbocycles. The number of anilines is 2. The van der Waals surface area contributed by atoms with Gasteiger partial charge in [0, 0.05) is 67.3 Å². The number of aromatic nitrogens is 3.